The largest absolute Gasteiger partial charge is 0.277 e. The molecule has 0 atom stereocenters. The molecule has 0 radical (unpaired) electrons. The normalized spacial score (nSPS) is 11.8. The van der Waals surface area contributed by atoms with Crippen LogP contribution >= 0.6 is 11.3 Å². The summed E-state index contributed by atoms with van der Waals surface area (Å²) in [7, 11) is 0. The highest BCUT2D eigenvalue weighted by Crippen LogP contribution is 2.47. The number of hydrogen-bond donors (Lipinski definition) is 0. The van der Waals surface area contributed by atoms with Crippen molar-refractivity contribution >= 4 is 75.0 Å². The van der Waals surface area contributed by atoms with Gasteiger partial charge in [-0.25, -0.2) is 9.97 Å². The lowest BCUT2D eigenvalue weighted by Crippen LogP contribution is -2.04. The Balaban J connectivity index is 1.27. The van der Waals surface area contributed by atoms with E-state index in [9.17, 15) is 0 Å². The van der Waals surface area contributed by atoms with E-state index >= 15 is 0 Å². The van der Waals surface area contributed by atoms with Crippen molar-refractivity contribution in [2.45, 2.75) is 0 Å². The smallest absolute Gasteiger partial charge is 0.235 e. The number of nitrogens with zero attached hydrogens (tertiary/aromatic N) is 3. The molecule has 0 aliphatic carbocycles. The molecule has 3 heterocycles. The Morgan fingerprint density at radius 2 is 1.00 bits per heavy atom. The van der Waals surface area contributed by atoms with Gasteiger partial charge in [0.05, 0.1) is 22.2 Å². The fourth-order valence-corrected chi connectivity index (χ4v) is 9.48. The number of benzene rings is 8. The van der Waals surface area contributed by atoms with Crippen molar-refractivity contribution in [3.8, 4) is 39.5 Å². The standard InChI is InChI=1S/C48H29N3S/c1-3-14-30(15-4-1)34-21-11-24-37-38-25-13-23-36(47(38)52-46(34)37)35-22-12-26-40-43-33-19-8-7-16-31(33)28-29-42(43)51(45(35)40)48-49-41-27-10-9-20-39(41)44(50-48)32-17-5-2-6-18-32/h1-29H. The molecule has 52 heavy (non-hydrogen) atoms. The molecule has 11 rings (SSSR count). The summed E-state index contributed by atoms with van der Waals surface area (Å²) in [5, 5.41) is 8.42. The first kappa shape index (κ1) is 29.1. The van der Waals surface area contributed by atoms with Crippen LogP contribution in [-0.2, 0) is 0 Å². The molecule has 3 aromatic heterocycles. The highest BCUT2D eigenvalue weighted by Gasteiger charge is 2.23. The molecule has 3 nitrogen and oxygen atoms in total. The van der Waals surface area contributed by atoms with Gasteiger partial charge < -0.3 is 0 Å². The lowest BCUT2D eigenvalue weighted by molar-refractivity contribution is 1.01. The van der Waals surface area contributed by atoms with Crippen LogP contribution in [-0.4, -0.2) is 14.5 Å². The van der Waals surface area contributed by atoms with E-state index in [-0.39, 0.29) is 0 Å². The molecular formula is C48H29N3S. The second-order valence-electron chi connectivity index (χ2n) is 13.3. The molecule has 0 saturated heterocycles. The number of thiophene rings is 1. The molecule has 0 N–H and O–H groups in total. The van der Waals surface area contributed by atoms with Crippen LogP contribution < -0.4 is 0 Å². The number of aromatic nitrogens is 3. The van der Waals surface area contributed by atoms with E-state index in [1.807, 2.05) is 11.3 Å². The molecule has 0 spiro atoms. The van der Waals surface area contributed by atoms with Crippen LogP contribution in [0.4, 0.5) is 0 Å². The minimum absolute atomic E-state index is 0.662. The lowest BCUT2D eigenvalue weighted by Gasteiger charge is -2.14. The van der Waals surface area contributed by atoms with Crippen molar-refractivity contribution in [1.82, 2.24) is 14.5 Å². The molecule has 0 saturated carbocycles. The Morgan fingerprint density at radius 3 is 1.79 bits per heavy atom. The zero-order chi connectivity index (χ0) is 34.2. The molecule has 0 aliphatic rings. The SMILES string of the molecule is c1ccc(-c2nc(-n3c4ccc5ccccc5c4c4cccc(-c5cccc6c5sc5c(-c7ccccc7)cccc56)c43)nc3ccccc23)cc1. The Bertz CT molecular complexity index is 3180. The Hall–Kier alpha value is -6.62. The first-order chi connectivity index (χ1) is 25.8. The summed E-state index contributed by atoms with van der Waals surface area (Å²) in [6.07, 6.45) is 0. The summed E-state index contributed by atoms with van der Waals surface area (Å²) in [6, 6.07) is 62.9. The van der Waals surface area contributed by atoms with Crippen LogP contribution in [0.3, 0.4) is 0 Å². The quantitative estimate of drug-likeness (QED) is 0.185. The third-order valence-electron chi connectivity index (χ3n) is 10.4. The first-order valence-electron chi connectivity index (χ1n) is 17.6. The maximum absolute atomic E-state index is 5.43. The number of fused-ring (bicyclic) bond motifs is 9. The van der Waals surface area contributed by atoms with Crippen molar-refractivity contribution in [3.63, 3.8) is 0 Å². The van der Waals surface area contributed by atoms with Gasteiger partial charge in [0.1, 0.15) is 0 Å². The molecule has 0 fully saturated rings. The van der Waals surface area contributed by atoms with Gasteiger partial charge in [0.2, 0.25) is 5.95 Å². The number of hydrogen-bond acceptors (Lipinski definition) is 3. The van der Waals surface area contributed by atoms with Gasteiger partial charge in [-0.2, -0.15) is 0 Å². The zero-order valence-corrected chi connectivity index (χ0v) is 28.8. The summed E-state index contributed by atoms with van der Waals surface area (Å²) >= 11 is 1.89. The Kier molecular flexibility index (Phi) is 6.42. The summed E-state index contributed by atoms with van der Waals surface area (Å²) in [5.74, 6) is 0.662. The number of rotatable bonds is 4. The van der Waals surface area contributed by atoms with Gasteiger partial charge >= 0.3 is 0 Å². The second-order valence-corrected chi connectivity index (χ2v) is 14.3. The third-order valence-corrected chi connectivity index (χ3v) is 11.7. The third kappa shape index (κ3) is 4.31. The first-order valence-corrected chi connectivity index (χ1v) is 18.4. The molecule has 0 aliphatic heterocycles. The van der Waals surface area contributed by atoms with Gasteiger partial charge in [-0.15, -0.1) is 11.3 Å². The van der Waals surface area contributed by atoms with E-state index in [0.717, 1.165) is 38.8 Å². The average molecular weight is 680 g/mol. The highest BCUT2D eigenvalue weighted by atomic mass is 32.1. The molecular weight excluding hydrogens is 651 g/mol. The second kappa shape index (κ2) is 11.5. The van der Waals surface area contributed by atoms with Crippen molar-refractivity contribution in [2.24, 2.45) is 0 Å². The van der Waals surface area contributed by atoms with Crippen LogP contribution in [0, 0.1) is 0 Å². The minimum atomic E-state index is 0.662. The monoisotopic (exact) mass is 679 g/mol. The average Bonchev–Trinajstić information content (AvgIpc) is 3.78. The predicted octanol–water partition coefficient (Wildman–Crippen LogP) is 13.2. The van der Waals surface area contributed by atoms with Crippen molar-refractivity contribution < 1.29 is 0 Å². The van der Waals surface area contributed by atoms with E-state index < -0.39 is 0 Å². The fourth-order valence-electron chi connectivity index (χ4n) is 8.12. The zero-order valence-electron chi connectivity index (χ0n) is 28.0. The van der Waals surface area contributed by atoms with Gasteiger partial charge in [0, 0.05) is 53.0 Å². The molecule has 0 unspecified atom stereocenters. The van der Waals surface area contributed by atoms with Crippen LogP contribution in [0.5, 0.6) is 0 Å². The minimum Gasteiger partial charge on any atom is -0.277 e. The lowest BCUT2D eigenvalue weighted by atomic mass is 9.98. The van der Waals surface area contributed by atoms with Crippen LogP contribution in [0.25, 0.3) is 103 Å². The van der Waals surface area contributed by atoms with Gasteiger partial charge in [-0.3, -0.25) is 4.57 Å². The summed E-state index contributed by atoms with van der Waals surface area (Å²) in [4.78, 5) is 10.7. The summed E-state index contributed by atoms with van der Waals surface area (Å²) < 4.78 is 4.90. The fraction of sp³-hybridized carbons (Fsp3) is 0. The maximum Gasteiger partial charge on any atom is 0.235 e. The van der Waals surface area contributed by atoms with E-state index in [0.29, 0.717) is 5.95 Å². The Labute approximate surface area is 303 Å². The van der Waals surface area contributed by atoms with E-state index in [1.54, 1.807) is 0 Å². The predicted molar refractivity (Wildman–Crippen MR) is 221 cm³/mol. The van der Waals surface area contributed by atoms with Crippen molar-refractivity contribution in [2.75, 3.05) is 0 Å². The molecule has 0 bridgehead atoms. The van der Waals surface area contributed by atoms with Gasteiger partial charge in [-0.05, 0) is 34.0 Å². The van der Waals surface area contributed by atoms with Crippen LogP contribution in [0.15, 0.2) is 176 Å². The molecule has 8 aromatic carbocycles. The molecule has 242 valence electrons. The van der Waals surface area contributed by atoms with Crippen LogP contribution in [0.1, 0.15) is 0 Å². The maximum atomic E-state index is 5.43. The van der Waals surface area contributed by atoms with E-state index in [1.165, 1.54) is 58.4 Å². The molecule has 4 heteroatoms. The van der Waals surface area contributed by atoms with Crippen molar-refractivity contribution in [3.05, 3.63) is 176 Å². The number of para-hydroxylation sites is 2. The Morgan fingerprint density at radius 1 is 0.404 bits per heavy atom. The van der Waals surface area contributed by atoms with Gasteiger partial charge in [0.25, 0.3) is 0 Å². The summed E-state index contributed by atoms with van der Waals surface area (Å²) in [5.41, 5.74) is 9.98. The topological polar surface area (TPSA) is 30.7 Å². The van der Waals surface area contributed by atoms with Crippen LogP contribution in [0.2, 0.25) is 0 Å². The highest BCUT2D eigenvalue weighted by molar-refractivity contribution is 7.26. The van der Waals surface area contributed by atoms with Crippen molar-refractivity contribution in [1.29, 1.82) is 0 Å². The van der Waals surface area contributed by atoms with Gasteiger partial charge in [-0.1, -0.05) is 164 Å². The summed E-state index contributed by atoms with van der Waals surface area (Å²) in [6.45, 7) is 0. The molecule has 0 amide bonds. The molecule has 11 aromatic rings. The van der Waals surface area contributed by atoms with E-state index in [4.69, 9.17) is 9.97 Å². The van der Waals surface area contributed by atoms with Gasteiger partial charge in [0.15, 0.2) is 0 Å². The van der Waals surface area contributed by atoms with E-state index in [2.05, 4.69) is 180 Å².